The van der Waals surface area contributed by atoms with E-state index in [9.17, 15) is 9.59 Å². The first-order valence-corrected chi connectivity index (χ1v) is 11.2. The molecule has 1 N–H and O–H groups in total. The highest BCUT2D eigenvalue weighted by Crippen LogP contribution is 2.34. The van der Waals surface area contributed by atoms with Crippen LogP contribution in [0.4, 0.5) is 11.4 Å². The number of nitrogens with zero attached hydrogens (tertiary/aromatic N) is 2. The fraction of sp³-hybridized carbons (Fsp3) is 0.348. The zero-order chi connectivity index (χ0) is 22.2. The minimum absolute atomic E-state index is 0.0685. The van der Waals surface area contributed by atoms with E-state index in [-0.39, 0.29) is 18.2 Å². The number of nitrogens with one attached hydrogen (secondary N) is 1. The van der Waals surface area contributed by atoms with E-state index in [1.165, 1.54) is 11.8 Å². The fourth-order valence-corrected chi connectivity index (χ4v) is 4.29. The lowest BCUT2D eigenvalue weighted by molar-refractivity contribution is -0.128. The number of carbonyl (C=O) groups excluding carboxylic acids is 2. The van der Waals surface area contributed by atoms with E-state index in [1.807, 2.05) is 50.2 Å². The lowest BCUT2D eigenvalue weighted by Crippen LogP contribution is -2.33. The van der Waals surface area contributed by atoms with Crippen molar-refractivity contribution in [2.24, 2.45) is 4.99 Å². The molecule has 1 fully saturated rings. The molecule has 0 bridgehead atoms. The first-order chi connectivity index (χ1) is 15.0. The summed E-state index contributed by atoms with van der Waals surface area (Å²) in [7, 11) is 1.58. The maximum Gasteiger partial charge on any atom is 0.242 e. The van der Waals surface area contributed by atoms with Crippen molar-refractivity contribution < 1.29 is 19.1 Å². The number of carbonyl (C=O) groups is 2. The summed E-state index contributed by atoms with van der Waals surface area (Å²) in [6.07, 6.45) is 1.00. The van der Waals surface area contributed by atoms with E-state index in [4.69, 9.17) is 9.47 Å². The van der Waals surface area contributed by atoms with Crippen LogP contribution >= 0.6 is 11.8 Å². The first kappa shape index (κ1) is 22.7. The summed E-state index contributed by atoms with van der Waals surface area (Å²) in [6.45, 7) is 5.07. The Morgan fingerprint density at radius 2 is 1.90 bits per heavy atom. The highest BCUT2D eigenvalue weighted by Gasteiger charge is 2.38. The molecule has 0 radical (unpaired) electrons. The quantitative estimate of drug-likeness (QED) is 0.621. The number of amidine groups is 1. The van der Waals surface area contributed by atoms with E-state index in [0.29, 0.717) is 35.4 Å². The molecule has 0 spiro atoms. The summed E-state index contributed by atoms with van der Waals surface area (Å²) in [6, 6.07) is 14.6. The monoisotopic (exact) mass is 441 g/mol. The maximum absolute atomic E-state index is 12.8. The van der Waals surface area contributed by atoms with Crippen molar-refractivity contribution in [2.75, 3.05) is 25.6 Å². The van der Waals surface area contributed by atoms with Gasteiger partial charge in [0.05, 0.1) is 13.7 Å². The lowest BCUT2D eigenvalue weighted by Gasteiger charge is -2.14. The van der Waals surface area contributed by atoms with E-state index >= 15 is 0 Å². The van der Waals surface area contributed by atoms with E-state index in [2.05, 4.69) is 10.3 Å². The van der Waals surface area contributed by atoms with E-state index < -0.39 is 5.25 Å². The molecule has 0 aromatic heterocycles. The van der Waals surface area contributed by atoms with Crippen molar-refractivity contribution >= 4 is 40.1 Å². The summed E-state index contributed by atoms with van der Waals surface area (Å²) in [4.78, 5) is 31.6. The van der Waals surface area contributed by atoms with Crippen molar-refractivity contribution in [1.29, 1.82) is 0 Å². The van der Waals surface area contributed by atoms with Gasteiger partial charge in [-0.3, -0.25) is 14.5 Å². The Hall–Kier alpha value is -3.00. The average molecular weight is 442 g/mol. The topological polar surface area (TPSA) is 80.2 Å². The third-order valence-corrected chi connectivity index (χ3v) is 5.79. The zero-order valence-corrected chi connectivity index (χ0v) is 18.8. The van der Waals surface area contributed by atoms with Crippen molar-refractivity contribution in [3.63, 3.8) is 0 Å². The Morgan fingerprint density at radius 1 is 1.16 bits per heavy atom. The molecule has 1 saturated heterocycles. The minimum Gasteiger partial charge on any atom is -0.494 e. The molecule has 31 heavy (non-hydrogen) atoms. The van der Waals surface area contributed by atoms with Crippen LogP contribution in [0.25, 0.3) is 0 Å². The molecule has 2 aromatic rings. The highest BCUT2D eigenvalue weighted by molar-refractivity contribution is 8.15. The van der Waals surface area contributed by atoms with Gasteiger partial charge in [-0.2, -0.15) is 0 Å². The molecular formula is C23H27N3O4S. The van der Waals surface area contributed by atoms with Crippen LogP contribution < -0.4 is 14.8 Å². The third-order valence-electron chi connectivity index (χ3n) is 4.62. The number of aliphatic imine (C=N–C) groups is 1. The molecule has 1 atom stereocenters. The number of amides is 2. The van der Waals surface area contributed by atoms with Crippen LogP contribution in [-0.4, -0.2) is 47.4 Å². The summed E-state index contributed by atoms with van der Waals surface area (Å²) >= 11 is 1.31. The molecule has 2 aromatic carbocycles. The van der Waals surface area contributed by atoms with Gasteiger partial charge in [-0.25, -0.2) is 4.99 Å². The Labute approximate surface area is 186 Å². The van der Waals surface area contributed by atoms with Gasteiger partial charge in [0.25, 0.3) is 0 Å². The predicted octanol–water partition coefficient (Wildman–Crippen LogP) is 4.46. The highest BCUT2D eigenvalue weighted by atomic mass is 32.2. The van der Waals surface area contributed by atoms with Gasteiger partial charge in [-0.05, 0) is 49.7 Å². The predicted molar refractivity (Wildman–Crippen MR) is 124 cm³/mol. The third kappa shape index (κ3) is 5.79. The van der Waals surface area contributed by atoms with Crippen molar-refractivity contribution in [3.8, 4) is 11.5 Å². The number of anilines is 1. The van der Waals surface area contributed by atoms with Gasteiger partial charge in [-0.1, -0.05) is 30.8 Å². The SMILES string of the molecule is CCCOc1ccc(NC(=O)C[C@@H]2SC(=Nc3ccccc3OC)N(CC)C2=O)cc1. The van der Waals surface area contributed by atoms with Gasteiger partial charge in [0, 0.05) is 18.7 Å². The van der Waals surface area contributed by atoms with Gasteiger partial charge >= 0.3 is 0 Å². The molecule has 1 aliphatic heterocycles. The molecule has 0 unspecified atom stereocenters. The molecule has 7 nitrogen and oxygen atoms in total. The Balaban J connectivity index is 1.65. The average Bonchev–Trinajstić information content (AvgIpc) is 3.07. The van der Waals surface area contributed by atoms with Gasteiger partial charge in [0.2, 0.25) is 11.8 Å². The second-order valence-corrected chi connectivity index (χ2v) is 8.05. The molecule has 8 heteroatoms. The smallest absolute Gasteiger partial charge is 0.242 e. The van der Waals surface area contributed by atoms with Crippen LogP contribution in [0.5, 0.6) is 11.5 Å². The molecule has 0 saturated carbocycles. The molecule has 2 amide bonds. The van der Waals surface area contributed by atoms with Gasteiger partial charge < -0.3 is 14.8 Å². The van der Waals surface area contributed by atoms with E-state index in [1.54, 1.807) is 24.1 Å². The van der Waals surface area contributed by atoms with Crippen LogP contribution in [-0.2, 0) is 9.59 Å². The number of thioether (sulfide) groups is 1. The molecule has 164 valence electrons. The second kappa shape index (κ2) is 10.9. The standard InChI is InChI=1S/C23H27N3O4S/c1-4-14-30-17-12-10-16(11-13-17)24-21(27)15-20-22(28)26(5-2)23(31-20)25-18-8-6-7-9-19(18)29-3/h6-13,20H,4-5,14-15H2,1-3H3,(H,24,27)/t20-/m0/s1. The molecule has 0 aliphatic carbocycles. The normalized spacial score (nSPS) is 17.1. The van der Waals surface area contributed by atoms with Crippen LogP contribution in [0.1, 0.15) is 26.7 Å². The van der Waals surface area contributed by atoms with Crippen LogP contribution in [0.3, 0.4) is 0 Å². The Morgan fingerprint density at radius 3 is 2.58 bits per heavy atom. The molecule has 1 heterocycles. The van der Waals surface area contributed by atoms with Crippen molar-refractivity contribution in [2.45, 2.75) is 31.9 Å². The fourth-order valence-electron chi connectivity index (χ4n) is 3.08. The van der Waals surface area contributed by atoms with Crippen molar-refractivity contribution in [1.82, 2.24) is 4.90 Å². The van der Waals surface area contributed by atoms with Crippen LogP contribution in [0, 0.1) is 0 Å². The summed E-state index contributed by atoms with van der Waals surface area (Å²) in [5.41, 5.74) is 1.31. The number of methoxy groups -OCH3 is 1. The molecular weight excluding hydrogens is 414 g/mol. The number of hydrogen-bond acceptors (Lipinski definition) is 6. The first-order valence-electron chi connectivity index (χ1n) is 10.3. The lowest BCUT2D eigenvalue weighted by atomic mass is 10.2. The van der Waals surface area contributed by atoms with E-state index in [0.717, 1.165) is 12.2 Å². The Kier molecular flexibility index (Phi) is 7.94. The van der Waals surface area contributed by atoms with Gasteiger partial charge in [0.1, 0.15) is 22.4 Å². The van der Waals surface area contributed by atoms with Crippen LogP contribution in [0.2, 0.25) is 0 Å². The summed E-state index contributed by atoms with van der Waals surface area (Å²) in [5.74, 6) is 1.06. The Bertz CT molecular complexity index is 946. The zero-order valence-electron chi connectivity index (χ0n) is 18.0. The van der Waals surface area contributed by atoms with Gasteiger partial charge in [-0.15, -0.1) is 0 Å². The summed E-state index contributed by atoms with van der Waals surface area (Å²) < 4.78 is 10.9. The van der Waals surface area contributed by atoms with Crippen LogP contribution in [0.15, 0.2) is 53.5 Å². The molecule has 3 rings (SSSR count). The van der Waals surface area contributed by atoms with Gasteiger partial charge in [0.15, 0.2) is 5.17 Å². The maximum atomic E-state index is 12.8. The number of para-hydroxylation sites is 2. The molecule has 1 aliphatic rings. The number of rotatable bonds is 9. The largest absolute Gasteiger partial charge is 0.494 e. The minimum atomic E-state index is -0.513. The van der Waals surface area contributed by atoms with Crippen molar-refractivity contribution in [3.05, 3.63) is 48.5 Å². The summed E-state index contributed by atoms with van der Waals surface area (Å²) in [5, 5.41) is 2.91. The number of ether oxygens (including phenoxy) is 2. The number of hydrogen-bond donors (Lipinski definition) is 1. The second-order valence-electron chi connectivity index (χ2n) is 6.88. The number of benzene rings is 2.